The molecule has 0 amide bonds. The van der Waals surface area contributed by atoms with E-state index in [4.69, 9.17) is 16.3 Å². The summed E-state index contributed by atoms with van der Waals surface area (Å²) in [4.78, 5) is 0. The van der Waals surface area contributed by atoms with Gasteiger partial charge in [-0.2, -0.15) is 5.10 Å². The van der Waals surface area contributed by atoms with Crippen LogP contribution in [0.2, 0.25) is 5.02 Å². The number of ether oxygens (including phenoxy) is 1. The lowest BCUT2D eigenvalue weighted by Crippen LogP contribution is -2.27. The molecule has 2 heterocycles. The Morgan fingerprint density at radius 3 is 2.95 bits per heavy atom. The molecule has 3 rings (SSSR count). The Morgan fingerprint density at radius 2 is 2.26 bits per heavy atom. The number of fused-ring (bicyclic) bond motifs is 1. The Bertz CT molecular complexity index is 577. The van der Waals surface area contributed by atoms with Gasteiger partial charge in [0.2, 0.25) is 0 Å². The molecule has 1 aliphatic heterocycles. The highest BCUT2D eigenvalue weighted by molar-refractivity contribution is 6.31. The van der Waals surface area contributed by atoms with E-state index in [9.17, 15) is 0 Å². The average molecular weight is 278 g/mol. The first-order valence-electron chi connectivity index (χ1n) is 6.28. The van der Waals surface area contributed by atoms with Crippen molar-refractivity contribution in [3.8, 4) is 5.75 Å². The summed E-state index contributed by atoms with van der Waals surface area (Å²) in [6.07, 6.45) is 1.68. The Kier molecular flexibility index (Phi) is 3.21. The fourth-order valence-electron chi connectivity index (χ4n) is 2.76. The lowest BCUT2D eigenvalue weighted by molar-refractivity contribution is 0.300. The number of aryl methyl sites for hydroxylation is 1. The molecule has 4 nitrogen and oxygen atoms in total. The SMILES string of the molecule is CNC(c1c(Cl)cnn1C)C1COc2ccccc21. The molecule has 0 saturated heterocycles. The maximum atomic E-state index is 6.26. The lowest BCUT2D eigenvalue weighted by Gasteiger charge is -2.23. The molecule has 1 aromatic heterocycles. The van der Waals surface area contributed by atoms with Gasteiger partial charge < -0.3 is 10.1 Å². The molecule has 2 unspecified atom stereocenters. The molecule has 2 atom stereocenters. The third kappa shape index (κ3) is 2.01. The number of nitrogens with zero attached hydrogens (tertiary/aromatic N) is 2. The van der Waals surface area contributed by atoms with Gasteiger partial charge in [-0.3, -0.25) is 4.68 Å². The van der Waals surface area contributed by atoms with E-state index in [-0.39, 0.29) is 12.0 Å². The summed E-state index contributed by atoms with van der Waals surface area (Å²) < 4.78 is 7.58. The van der Waals surface area contributed by atoms with Crippen LogP contribution in [0.5, 0.6) is 5.75 Å². The number of halogens is 1. The maximum absolute atomic E-state index is 6.26. The largest absolute Gasteiger partial charge is 0.493 e. The fourth-order valence-corrected chi connectivity index (χ4v) is 3.05. The zero-order chi connectivity index (χ0) is 13.4. The van der Waals surface area contributed by atoms with Crippen molar-refractivity contribution in [1.29, 1.82) is 0 Å². The molecule has 0 fully saturated rings. The summed E-state index contributed by atoms with van der Waals surface area (Å²) in [5.41, 5.74) is 2.22. The van der Waals surface area contributed by atoms with Crippen LogP contribution < -0.4 is 10.1 Å². The third-order valence-corrected chi connectivity index (χ3v) is 3.97. The molecule has 0 spiro atoms. The van der Waals surface area contributed by atoms with Crippen LogP contribution in [0.15, 0.2) is 30.5 Å². The summed E-state index contributed by atoms with van der Waals surface area (Å²) in [6.45, 7) is 0.659. The molecule has 0 bridgehead atoms. The topological polar surface area (TPSA) is 39.1 Å². The lowest BCUT2D eigenvalue weighted by atomic mass is 9.91. The van der Waals surface area contributed by atoms with Crippen molar-refractivity contribution in [2.45, 2.75) is 12.0 Å². The first-order valence-corrected chi connectivity index (χ1v) is 6.66. The Hall–Kier alpha value is -1.52. The van der Waals surface area contributed by atoms with E-state index in [0.29, 0.717) is 11.6 Å². The number of benzene rings is 1. The second-order valence-electron chi connectivity index (χ2n) is 4.72. The summed E-state index contributed by atoms with van der Waals surface area (Å²) in [7, 11) is 3.85. The van der Waals surface area contributed by atoms with Crippen LogP contribution in [0.25, 0.3) is 0 Å². The second-order valence-corrected chi connectivity index (χ2v) is 5.13. The first-order chi connectivity index (χ1) is 9.22. The van der Waals surface area contributed by atoms with E-state index < -0.39 is 0 Å². The average Bonchev–Trinajstić information content (AvgIpc) is 2.98. The van der Waals surface area contributed by atoms with Gasteiger partial charge in [0.15, 0.2) is 0 Å². The van der Waals surface area contributed by atoms with Crippen LogP contribution in [-0.4, -0.2) is 23.4 Å². The van der Waals surface area contributed by atoms with Crippen molar-refractivity contribution >= 4 is 11.6 Å². The van der Waals surface area contributed by atoms with Crippen molar-refractivity contribution < 1.29 is 4.74 Å². The first kappa shape index (κ1) is 12.5. The van der Waals surface area contributed by atoms with Crippen molar-refractivity contribution in [1.82, 2.24) is 15.1 Å². The van der Waals surface area contributed by atoms with E-state index in [2.05, 4.69) is 16.5 Å². The van der Waals surface area contributed by atoms with Crippen LogP contribution in [-0.2, 0) is 7.05 Å². The quantitative estimate of drug-likeness (QED) is 0.937. The molecule has 0 saturated carbocycles. The van der Waals surface area contributed by atoms with Gasteiger partial charge in [0.05, 0.1) is 29.6 Å². The van der Waals surface area contributed by atoms with Crippen molar-refractivity contribution in [3.05, 3.63) is 46.7 Å². The smallest absolute Gasteiger partial charge is 0.122 e. The van der Waals surface area contributed by atoms with Gasteiger partial charge in [-0.05, 0) is 13.1 Å². The molecule has 5 heteroatoms. The number of aromatic nitrogens is 2. The maximum Gasteiger partial charge on any atom is 0.122 e. The Morgan fingerprint density at radius 1 is 1.47 bits per heavy atom. The van der Waals surface area contributed by atoms with E-state index in [1.54, 1.807) is 6.20 Å². The highest BCUT2D eigenvalue weighted by atomic mass is 35.5. The van der Waals surface area contributed by atoms with E-state index in [1.165, 1.54) is 5.56 Å². The molecule has 1 aromatic carbocycles. The van der Waals surface area contributed by atoms with Crippen molar-refractivity contribution in [3.63, 3.8) is 0 Å². The molecular weight excluding hydrogens is 262 g/mol. The number of likely N-dealkylation sites (N-methyl/N-ethyl adjacent to an activating group) is 1. The molecule has 1 N–H and O–H groups in total. The van der Waals surface area contributed by atoms with E-state index >= 15 is 0 Å². The van der Waals surface area contributed by atoms with E-state index in [1.807, 2.05) is 37.0 Å². The Labute approximate surface area is 117 Å². The van der Waals surface area contributed by atoms with Crippen LogP contribution in [0.3, 0.4) is 0 Å². The molecule has 100 valence electrons. The minimum atomic E-state index is 0.0867. The predicted molar refractivity (Wildman–Crippen MR) is 74.7 cm³/mol. The monoisotopic (exact) mass is 277 g/mol. The van der Waals surface area contributed by atoms with Crippen LogP contribution in [0.4, 0.5) is 0 Å². The standard InChI is InChI=1S/C14H16ClN3O/c1-16-13(14-11(15)7-17-18(14)2)10-8-19-12-6-4-3-5-9(10)12/h3-7,10,13,16H,8H2,1-2H3. The number of hydrogen-bond acceptors (Lipinski definition) is 3. The highest BCUT2D eigenvalue weighted by Gasteiger charge is 2.34. The molecule has 1 aliphatic rings. The number of rotatable bonds is 3. The van der Waals surface area contributed by atoms with Crippen LogP contribution in [0.1, 0.15) is 23.2 Å². The van der Waals surface area contributed by atoms with Crippen molar-refractivity contribution in [2.24, 2.45) is 7.05 Å². The second kappa shape index (κ2) is 4.87. The number of nitrogens with one attached hydrogen (secondary N) is 1. The molecule has 2 aromatic rings. The highest BCUT2D eigenvalue weighted by Crippen LogP contribution is 2.42. The molecule has 0 aliphatic carbocycles. The summed E-state index contributed by atoms with van der Waals surface area (Å²) in [5, 5.41) is 8.25. The van der Waals surface area contributed by atoms with Gasteiger partial charge >= 0.3 is 0 Å². The van der Waals surface area contributed by atoms with Gasteiger partial charge in [-0.25, -0.2) is 0 Å². The third-order valence-electron chi connectivity index (χ3n) is 3.68. The molecule has 19 heavy (non-hydrogen) atoms. The van der Waals surface area contributed by atoms with Crippen LogP contribution in [0, 0.1) is 0 Å². The summed E-state index contributed by atoms with van der Waals surface area (Å²) in [6, 6.07) is 8.24. The molecule has 0 radical (unpaired) electrons. The van der Waals surface area contributed by atoms with Gasteiger partial charge in [-0.1, -0.05) is 29.8 Å². The minimum Gasteiger partial charge on any atom is -0.493 e. The van der Waals surface area contributed by atoms with Gasteiger partial charge in [0, 0.05) is 18.5 Å². The van der Waals surface area contributed by atoms with Gasteiger partial charge in [-0.15, -0.1) is 0 Å². The van der Waals surface area contributed by atoms with E-state index in [0.717, 1.165) is 11.4 Å². The molecular formula is C14H16ClN3O. The van der Waals surface area contributed by atoms with Gasteiger partial charge in [0.25, 0.3) is 0 Å². The normalized spacial score (nSPS) is 19.0. The van der Waals surface area contributed by atoms with Gasteiger partial charge in [0.1, 0.15) is 5.75 Å². The van der Waals surface area contributed by atoms with Crippen molar-refractivity contribution in [2.75, 3.05) is 13.7 Å². The summed E-state index contributed by atoms with van der Waals surface area (Å²) in [5.74, 6) is 1.21. The van der Waals surface area contributed by atoms with Crippen LogP contribution >= 0.6 is 11.6 Å². The number of hydrogen-bond donors (Lipinski definition) is 1. The minimum absolute atomic E-state index is 0.0867. The number of para-hydroxylation sites is 1. The summed E-state index contributed by atoms with van der Waals surface area (Å²) >= 11 is 6.26. The fraction of sp³-hybridized carbons (Fsp3) is 0.357. The predicted octanol–water partition coefficient (Wildman–Crippen LogP) is 2.51. The zero-order valence-corrected chi connectivity index (χ0v) is 11.7. The Balaban J connectivity index is 2.01. The zero-order valence-electron chi connectivity index (χ0n) is 10.9.